The monoisotopic (exact) mass is 526 g/mol. The van der Waals surface area contributed by atoms with E-state index in [4.69, 9.17) is 4.74 Å². The molecule has 164 valence electrons. The van der Waals surface area contributed by atoms with Crippen LogP contribution in [-0.2, 0) is 0 Å². The number of aliphatic imine (C=N–C) groups is 1. The van der Waals surface area contributed by atoms with Crippen LogP contribution in [0.2, 0.25) is 0 Å². The van der Waals surface area contributed by atoms with Gasteiger partial charge in [-0.3, -0.25) is 4.99 Å². The molecule has 1 atom stereocenters. The normalized spacial score (nSPS) is 15.4. The van der Waals surface area contributed by atoms with Crippen molar-refractivity contribution in [2.45, 2.75) is 20.0 Å². The zero-order valence-electron chi connectivity index (χ0n) is 17.6. The maximum absolute atomic E-state index is 10.3. The molecular weight excluding hydrogens is 495 g/mol. The first-order valence-electron chi connectivity index (χ1n) is 10.1. The summed E-state index contributed by atoms with van der Waals surface area (Å²) in [5.41, 5.74) is 1.13. The van der Waals surface area contributed by atoms with Crippen molar-refractivity contribution >= 4 is 35.9 Å². The van der Waals surface area contributed by atoms with Gasteiger partial charge in [0.1, 0.15) is 18.5 Å². The first-order valence-corrected chi connectivity index (χ1v) is 10.1. The standard InChI is InChI=1S/C21H30N6O2.HI/c1-3-22-20(25-15-18(28)16-29-19-7-4-6-17(2)14-19)26-10-12-27(13-11-26)21-23-8-5-9-24-21;/h4-9,14,18,28H,3,10-13,15-16H2,1-2H3,(H,22,25);1H. The number of ether oxygens (including phenoxy) is 1. The fraction of sp³-hybridized carbons (Fsp3) is 0.476. The number of aromatic nitrogens is 2. The van der Waals surface area contributed by atoms with Crippen LogP contribution in [0.4, 0.5) is 5.95 Å². The largest absolute Gasteiger partial charge is 0.491 e. The minimum atomic E-state index is -0.664. The molecule has 2 heterocycles. The summed E-state index contributed by atoms with van der Waals surface area (Å²) in [6.45, 7) is 8.63. The minimum absolute atomic E-state index is 0. The highest BCUT2D eigenvalue weighted by molar-refractivity contribution is 14.0. The molecule has 30 heavy (non-hydrogen) atoms. The van der Waals surface area contributed by atoms with Gasteiger partial charge in [-0.1, -0.05) is 12.1 Å². The molecule has 0 bridgehead atoms. The van der Waals surface area contributed by atoms with Crippen molar-refractivity contribution < 1.29 is 9.84 Å². The van der Waals surface area contributed by atoms with Crippen molar-refractivity contribution in [2.75, 3.05) is 50.8 Å². The molecule has 2 N–H and O–H groups in total. The van der Waals surface area contributed by atoms with Crippen molar-refractivity contribution in [2.24, 2.45) is 4.99 Å². The molecule has 1 unspecified atom stereocenters. The molecule has 3 rings (SSSR count). The Bertz CT molecular complexity index is 784. The third-order valence-corrected chi connectivity index (χ3v) is 4.63. The molecule has 9 heteroatoms. The van der Waals surface area contributed by atoms with E-state index in [1.807, 2.05) is 44.2 Å². The lowest BCUT2D eigenvalue weighted by atomic mass is 10.2. The molecular formula is C21H31IN6O2. The van der Waals surface area contributed by atoms with Crippen LogP contribution in [0.1, 0.15) is 12.5 Å². The van der Waals surface area contributed by atoms with Crippen molar-refractivity contribution in [3.05, 3.63) is 48.3 Å². The summed E-state index contributed by atoms with van der Waals surface area (Å²) in [5.74, 6) is 2.34. The molecule has 1 aromatic carbocycles. The molecule has 1 aliphatic heterocycles. The Balaban J connectivity index is 0.00000320. The quantitative estimate of drug-likeness (QED) is 0.324. The Morgan fingerprint density at radius 3 is 2.60 bits per heavy atom. The second-order valence-electron chi connectivity index (χ2n) is 7.00. The van der Waals surface area contributed by atoms with E-state index in [2.05, 4.69) is 30.1 Å². The lowest BCUT2D eigenvalue weighted by molar-refractivity contribution is 0.114. The minimum Gasteiger partial charge on any atom is -0.491 e. The van der Waals surface area contributed by atoms with E-state index in [0.29, 0.717) is 0 Å². The third kappa shape index (κ3) is 7.28. The number of rotatable bonds is 7. The predicted octanol–water partition coefficient (Wildman–Crippen LogP) is 1.93. The molecule has 0 spiro atoms. The molecule has 1 aromatic heterocycles. The topological polar surface area (TPSA) is 86.1 Å². The summed E-state index contributed by atoms with van der Waals surface area (Å²) >= 11 is 0. The molecule has 0 radical (unpaired) electrons. The van der Waals surface area contributed by atoms with E-state index < -0.39 is 6.10 Å². The van der Waals surface area contributed by atoms with E-state index in [9.17, 15) is 5.11 Å². The number of guanidine groups is 1. The number of nitrogens with one attached hydrogen (secondary N) is 1. The van der Waals surface area contributed by atoms with Crippen LogP contribution in [0, 0.1) is 6.92 Å². The van der Waals surface area contributed by atoms with Gasteiger partial charge in [-0.25, -0.2) is 9.97 Å². The summed E-state index contributed by atoms with van der Waals surface area (Å²) in [5, 5.41) is 13.6. The Hall–Kier alpha value is -2.14. The van der Waals surface area contributed by atoms with Crippen LogP contribution >= 0.6 is 24.0 Å². The van der Waals surface area contributed by atoms with Gasteiger partial charge in [0.2, 0.25) is 5.95 Å². The SMILES string of the molecule is CCNC(=NCC(O)COc1cccc(C)c1)N1CCN(c2ncccn2)CC1.I. The van der Waals surface area contributed by atoms with Gasteiger partial charge in [0, 0.05) is 45.1 Å². The molecule has 0 saturated carbocycles. The molecule has 8 nitrogen and oxygen atoms in total. The van der Waals surface area contributed by atoms with Gasteiger partial charge < -0.3 is 25.0 Å². The van der Waals surface area contributed by atoms with Gasteiger partial charge in [0.15, 0.2) is 5.96 Å². The smallest absolute Gasteiger partial charge is 0.225 e. The third-order valence-electron chi connectivity index (χ3n) is 4.63. The van der Waals surface area contributed by atoms with Crippen molar-refractivity contribution in [3.8, 4) is 5.75 Å². The van der Waals surface area contributed by atoms with E-state index in [1.165, 1.54) is 0 Å². The summed E-state index contributed by atoms with van der Waals surface area (Å²) in [4.78, 5) is 17.6. The molecule has 0 aliphatic carbocycles. The molecule has 1 fully saturated rings. The lowest BCUT2D eigenvalue weighted by Crippen LogP contribution is -2.53. The van der Waals surface area contributed by atoms with E-state index in [0.717, 1.165) is 55.9 Å². The van der Waals surface area contributed by atoms with E-state index >= 15 is 0 Å². The first-order chi connectivity index (χ1) is 14.2. The number of aryl methyl sites for hydroxylation is 1. The van der Waals surface area contributed by atoms with Gasteiger partial charge in [-0.05, 0) is 37.6 Å². The van der Waals surface area contributed by atoms with Crippen LogP contribution in [-0.4, -0.2) is 77.9 Å². The van der Waals surface area contributed by atoms with Gasteiger partial charge >= 0.3 is 0 Å². The van der Waals surface area contributed by atoms with Crippen LogP contribution in [0.15, 0.2) is 47.7 Å². The van der Waals surface area contributed by atoms with Crippen LogP contribution in [0.3, 0.4) is 0 Å². The molecule has 1 saturated heterocycles. The average Bonchev–Trinajstić information content (AvgIpc) is 2.76. The van der Waals surface area contributed by atoms with Crippen molar-refractivity contribution in [1.82, 2.24) is 20.2 Å². The van der Waals surface area contributed by atoms with Crippen LogP contribution < -0.4 is 15.0 Å². The van der Waals surface area contributed by atoms with Crippen molar-refractivity contribution in [3.63, 3.8) is 0 Å². The zero-order valence-corrected chi connectivity index (χ0v) is 19.9. The highest BCUT2D eigenvalue weighted by atomic mass is 127. The predicted molar refractivity (Wildman–Crippen MR) is 130 cm³/mol. The maximum Gasteiger partial charge on any atom is 0.225 e. The van der Waals surface area contributed by atoms with Gasteiger partial charge in [-0.2, -0.15) is 0 Å². The summed E-state index contributed by atoms with van der Waals surface area (Å²) < 4.78 is 5.68. The Morgan fingerprint density at radius 1 is 1.20 bits per heavy atom. The van der Waals surface area contributed by atoms with Gasteiger partial charge in [-0.15, -0.1) is 24.0 Å². The second kappa shape index (κ2) is 12.5. The Kier molecular flexibility index (Phi) is 10.1. The lowest BCUT2D eigenvalue weighted by Gasteiger charge is -2.36. The van der Waals surface area contributed by atoms with E-state index in [1.54, 1.807) is 12.4 Å². The number of aliphatic hydroxyl groups is 1. The number of benzene rings is 1. The van der Waals surface area contributed by atoms with Crippen LogP contribution in [0.5, 0.6) is 5.75 Å². The number of hydrogen-bond donors (Lipinski definition) is 2. The molecule has 0 amide bonds. The fourth-order valence-corrected chi connectivity index (χ4v) is 3.14. The second-order valence-corrected chi connectivity index (χ2v) is 7.00. The first kappa shape index (κ1) is 24.1. The zero-order chi connectivity index (χ0) is 20.5. The van der Waals surface area contributed by atoms with Gasteiger partial charge in [0.05, 0.1) is 6.54 Å². The summed E-state index contributed by atoms with van der Waals surface area (Å²) in [7, 11) is 0. The number of anilines is 1. The highest BCUT2D eigenvalue weighted by Crippen LogP contribution is 2.13. The Labute approximate surface area is 195 Å². The van der Waals surface area contributed by atoms with Gasteiger partial charge in [0.25, 0.3) is 0 Å². The van der Waals surface area contributed by atoms with Crippen molar-refractivity contribution in [1.29, 1.82) is 0 Å². The molecule has 1 aliphatic rings. The number of hydrogen-bond acceptors (Lipinski definition) is 6. The Morgan fingerprint density at radius 2 is 1.93 bits per heavy atom. The van der Waals surface area contributed by atoms with Crippen LogP contribution in [0.25, 0.3) is 0 Å². The van der Waals surface area contributed by atoms with E-state index in [-0.39, 0.29) is 37.1 Å². The summed E-state index contributed by atoms with van der Waals surface area (Å²) in [6, 6.07) is 9.63. The molecule has 2 aromatic rings. The maximum atomic E-state index is 10.3. The fourth-order valence-electron chi connectivity index (χ4n) is 3.14. The summed E-state index contributed by atoms with van der Waals surface area (Å²) in [6.07, 6.45) is 2.86. The number of halogens is 1. The number of piperazine rings is 1. The number of nitrogens with zero attached hydrogens (tertiary/aromatic N) is 5. The number of aliphatic hydroxyl groups excluding tert-OH is 1. The average molecular weight is 526 g/mol. The highest BCUT2D eigenvalue weighted by Gasteiger charge is 2.21.